The second-order valence-corrected chi connectivity index (χ2v) is 4.94. The molecule has 0 atom stereocenters. The van der Waals surface area contributed by atoms with E-state index >= 15 is 0 Å². The van der Waals surface area contributed by atoms with E-state index in [-0.39, 0.29) is 0 Å². The monoisotopic (exact) mass is 278 g/mol. The Bertz CT molecular complexity index is 315. The summed E-state index contributed by atoms with van der Waals surface area (Å²) < 4.78 is 0. The lowest BCUT2D eigenvalue weighted by atomic mass is 10.1. The van der Waals surface area contributed by atoms with Crippen molar-refractivity contribution in [3.63, 3.8) is 0 Å². The summed E-state index contributed by atoms with van der Waals surface area (Å²) in [5.41, 5.74) is 2.61. The van der Waals surface area contributed by atoms with Gasteiger partial charge in [0.2, 0.25) is 0 Å². The average Bonchev–Trinajstić information content (AvgIpc) is 2.48. The molecule has 1 aromatic heterocycles. The molecule has 0 aliphatic rings. The van der Waals surface area contributed by atoms with Crippen LogP contribution in [0.25, 0.3) is 6.08 Å². The Morgan fingerprint density at radius 2 is 2.38 bits per heavy atom. The van der Waals surface area contributed by atoms with Gasteiger partial charge in [-0.3, -0.25) is 0 Å². The molecule has 0 spiro atoms. The molecule has 0 unspecified atom stereocenters. The predicted molar refractivity (Wildman–Crippen MR) is 65.8 cm³/mol. The molecule has 13 heavy (non-hydrogen) atoms. The smallest absolute Gasteiger partial charge is 0.0297 e. The Morgan fingerprint density at radius 1 is 1.69 bits per heavy atom. The number of allylic oxidation sites excluding steroid dienone is 1. The SMILES string of the molecule is CC/C(Cl)=C\c1c(CBr)csc1C. The predicted octanol–water partition coefficient (Wildman–Crippen LogP) is 4.94. The zero-order valence-electron chi connectivity index (χ0n) is 7.73. The minimum absolute atomic E-state index is 0.900. The van der Waals surface area contributed by atoms with Gasteiger partial charge in [-0.25, -0.2) is 0 Å². The van der Waals surface area contributed by atoms with E-state index in [4.69, 9.17) is 11.6 Å². The van der Waals surface area contributed by atoms with E-state index in [0.29, 0.717) is 0 Å². The first-order chi connectivity index (χ1) is 6.19. The van der Waals surface area contributed by atoms with Gasteiger partial charge in [-0.1, -0.05) is 34.5 Å². The third-order valence-electron chi connectivity index (χ3n) is 1.89. The largest absolute Gasteiger partial charge is 0.148 e. The first-order valence-corrected chi connectivity index (χ1v) is 6.56. The maximum Gasteiger partial charge on any atom is 0.0297 e. The van der Waals surface area contributed by atoms with E-state index in [1.54, 1.807) is 11.3 Å². The number of halogens is 2. The van der Waals surface area contributed by atoms with Crippen molar-refractivity contribution in [3.05, 3.63) is 26.4 Å². The second kappa shape index (κ2) is 5.18. The van der Waals surface area contributed by atoms with Crippen molar-refractivity contribution in [2.75, 3.05) is 0 Å². The fourth-order valence-electron chi connectivity index (χ4n) is 1.07. The van der Waals surface area contributed by atoms with Crippen LogP contribution in [0.3, 0.4) is 0 Å². The maximum absolute atomic E-state index is 6.01. The standard InChI is InChI=1S/C10H12BrClS/c1-3-9(12)4-10-7(2)13-6-8(10)5-11/h4,6H,3,5H2,1-2H3/b9-4+. The quantitative estimate of drug-likeness (QED) is 0.687. The van der Waals surface area contributed by atoms with Gasteiger partial charge in [0.05, 0.1) is 0 Å². The van der Waals surface area contributed by atoms with Crippen molar-refractivity contribution >= 4 is 44.9 Å². The van der Waals surface area contributed by atoms with Gasteiger partial charge in [0, 0.05) is 15.2 Å². The summed E-state index contributed by atoms with van der Waals surface area (Å²) >= 11 is 11.3. The molecule has 0 saturated carbocycles. The molecule has 0 N–H and O–H groups in total. The number of thiophene rings is 1. The van der Waals surface area contributed by atoms with E-state index in [2.05, 4.69) is 41.2 Å². The summed E-state index contributed by atoms with van der Waals surface area (Å²) in [5, 5.41) is 4.00. The highest BCUT2D eigenvalue weighted by Gasteiger charge is 2.05. The van der Waals surface area contributed by atoms with Crippen LogP contribution in [-0.2, 0) is 5.33 Å². The molecule has 72 valence electrons. The van der Waals surface area contributed by atoms with E-state index in [0.717, 1.165) is 16.8 Å². The van der Waals surface area contributed by atoms with E-state index in [9.17, 15) is 0 Å². The summed E-state index contributed by atoms with van der Waals surface area (Å²) in [7, 11) is 0. The van der Waals surface area contributed by atoms with Crippen LogP contribution in [-0.4, -0.2) is 0 Å². The van der Waals surface area contributed by atoms with Crippen molar-refractivity contribution < 1.29 is 0 Å². The van der Waals surface area contributed by atoms with Gasteiger partial charge < -0.3 is 0 Å². The minimum atomic E-state index is 0.900. The van der Waals surface area contributed by atoms with Crippen LogP contribution in [0.1, 0.15) is 29.3 Å². The summed E-state index contributed by atoms with van der Waals surface area (Å²) in [6, 6.07) is 0. The van der Waals surface area contributed by atoms with Gasteiger partial charge in [-0.2, -0.15) is 0 Å². The van der Waals surface area contributed by atoms with Crippen molar-refractivity contribution in [1.82, 2.24) is 0 Å². The third-order valence-corrected chi connectivity index (χ3v) is 3.84. The van der Waals surface area contributed by atoms with Gasteiger partial charge >= 0.3 is 0 Å². The van der Waals surface area contributed by atoms with E-state index in [1.807, 2.05) is 0 Å². The lowest BCUT2D eigenvalue weighted by molar-refractivity contribution is 1.20. The zero-order chi connectivity index (χ0) is 9.84. The summed E-state index contributed by atoms with van der Waals surface area (Å²) in [6.45, 7) is 4.19. The number of aryl methyl sites for hydroxylation is 1. The zero-order valence-corrected chi connectivity index (χ0v) is 10.9. The highest BCUT2D eigenvalue weighted by atomic mass is 79.9. The number of hydrogen-bond donors (Lipinski definition) is 0. The molecular formula is C10H12BrClS. The highest BCUT2D eigenvalue weighted by molar-refractivity contribution is 9.08. The first-order valence-electron chi connectivity index (χ1n) is 4.18. The Kier molecular flexibility index (Phi) is 4.50. The van der Waals surface area contributed by atoms with Crippen LogP contribution < -0.4 is 0 Å². The molecule has 0 radical (unpaired) electrons. The van der Waals surface area contributed by atoms with Crippen LogP contribution >= 0.6 is 38.9 Å². The normalized spacial score (nSPS) is 12.2. The van der Waals surface area contributed by atoms with Gasteiger partial charge in [0.1, 0.15) is 0 Å². The van der Waals surface area contributed by atoms with E-state index < -0.39 is 0 Å². The van der Waals surface area contributed by atoms with Crippen molar-refractivity contribution in [1.29, 1.82) is 0 Å². The Morgan fingerprint density at radius 3 is 2.92 bits per heavy atom. The fraction of sp³-hybridized carbons (Fsp3) is 0.400. The molecular weight excluding hydrogens is 268 g/mol. The second-order valence-electron chi connectivity index (χ2n) is 2.81. The van der Waals surface area contributed by atoms with E-state index in [1.165, 1.54) is 16.0 Å². The summed E-state index contributed by atoms with van der Waals surface area (Å²) in [6.07, 6.45) is 2.97. The molecule has 1 heterocycles. The van der Waals surface area contributed by atoms with Crippen molar-refractivity contribution in [3.8, 4) is 0 Å². The number of alkyl halides is 1. The van der Waals surface area contributed by atoms with Crippen LogP contribution in [0.15, 0.2) is 10.4 Å². The lowest BCUT2D eigenvalue weighted by Gasteiger charge is -1.97. The molecule has 0 amide bonds. The average molecular weight is 280 g/mol. The topological polar surface area (TPSA) is 0 Å². The van der Waals surface area contributed by atoms with Crippen LogP contribution in [0.5, 0.6) is 0 Å². The van der Waals surface area contributed by atoms with Crippen LogP contribution in [0.4, 0.5) is 0 Å². The van der Waals surface area contributed by atoms with Gasteiger partial charge in [0.15, 0.2) is 0 Å². The van der Waals surface area contributed by atoms with Crippen molar-refractivity contribution in [2.24, 2.45) is 0 Å². The molecule has 0 aliphatic carbocycles. The highest BCUT2D eigenvalue weighted by Crippen LogP contribution is 2.27. The molecule has 0 saturated heterocycles. The lowest BCUT2D eigenvalue weighted by Crippen LogP contribution is -1.80. The number of hydrogen-bond acceptors (Lipinski definition) is 1. The molecule has 3 heteroatoms. The first kappa shape index (κ1) is 11.3. The van der Waals surface area contributed by atoms with Crippen LogP contribution in [0, 0.1) is 6.92 Å². The third kappa shape index (κ3) is 2.83. The molecule has 0 aromatic carbocycles. The van der Waals surface area contributed by atoms with Gasteiger partial charge in [-0.05, 0) is 35.9 Å². The van der Waals surface area contributed by atoms with Gasteiger partial charge in [0.25, 0.3) is 0 Å². The molecule has 0 fully saturated rings. The summed E-state index contributed by atoms with van der Waals surface area (Å²) in [4.78, 5) is 1.33. The molecule has 0 nitrogen and oxygen atoms in total. The van der Waals surface area contributed by atoms with Crippen LogP contribution in [0.2, 0.25) is 0 Å². The minimum Gasteiger partial charge on any atom is -0.148 e. The van der Waals surface area contributed by atoms with Crippen molar-refractivity contribution in [2.45, 2.75) is 25.6 Å². The Balaban J connectivity index is 3.04. The number of rotatable bonds is 3. The molecule has 1 aromatic rings. The molecule has 0 bridgehead atoms. The Hall–Kier alpha value is 0.210. The Labute approximate surface area is 96.7 Å². The van der Waals surface area contributed by atoms with Gasteiger partial charge in [-0.15, -0.1) is 11.3 Å². The summed E-state index contributed by atoms with van der Waals surface area (Å²) in [5.74, 6) is 0. The fourth-order valence-corrected chi connectivity index (χ4v) is 2.70. The maximum atomic E-state index is 6.01. The molecule has 1 rings (SSSR count). The molecule has 0 aliphatic heterocycles.